The van der Waals surface area contributed by atoms with E-state index in [9.17, 15) is 18.3 Å². The topological polar surface area (TPSA) is 26.5 Å². The van der Waals surface area contributed by atoms with Gasteiger partial charge in [-0.1, -0.05) is 34.1 Å². The molecule has 29 heavy (non-hydrogen) atoms. The quantitative estimate of drug-likeness (QED) is 0.500. The Kier molecular flexibility index (Phi) is 6.46. The zero-order valence-corrected chi connectivity index (χ0v) is 18.9. The molecule has 8 heteroatoms. The number of benzene rings is 2. The van der Waals surface area contributed by atoms with Gasteiger partial charge in [-0.25, -0.2) is 9.48 Å². The van der Waals surface area contributed by atoms with Gasteiger partial charge in [0.25, 0.3) is 11.6 Å². The van der Waals surface area contributed by atoms with Crippen molar-refractivity contribution in [1.82, 2.24) is 0 Å². The Morgan fingerprint density at radius 3 is 2.45 bits per heavy atom. The summed E-state index contributed by atoms with van der Waals surface area (Å²) in [7, 11) is 0. The molecule has 0 amide bonds. The van der Waals surface area contributed by atoms with E-state index in [4.69, 9.17) is 0 Å². The summed E-state index contributed by atoms with van der Waals surface area (Å²) in [5, 5.41) is 11.7. The lowest BCUT2D eigenvalue weighted by Crippen LogP contribution is -2.41. The molecule has 3 nitrogen and oxygen atoms in total. The van der Waals surface area contributed by atoms with Crippen LogP contribution in [0.15, 0.2) is 53.0 Å². The molecule has 2 heterocycles. The van der Waals surface area contributed by atoms with Gasteiger partial charge in [-0.3, -0.25) is 0 Å². The van der Waals surface area contributed by atoms with E-state index >= 15 is 0 Å². The summed E-state index contributed by atoms with van der Waals surface area (Å²) in [6, 6.07) is 12.8. The van der Waals surface area contributed by atoms with E-state index in [1.165, 1.54) is 12.1 Å². The van der Waals surface area contributed by atoms with Crippen molar-refractivity contribution in [3.8, 4) is 0 Å². The smallest absolute Gasteiger partial charge is 0.346 e. The predicted octanol–water partition coefficient (Wildman–Crippen LogP) is 5.70. The first-order valence-corrected chi connectivity index (χ1v) is 10.1. The van der Waals surface area contributed by atoms with Gasteiger partial charge in [0, 0.05) is 16.5 Å². The van der Waals surface area contributed by atoms with Gasteiger partial charge in [0.2, 0.25) is 0 Å². The van der Waals surface area contributed by atoms with E-state index in [0.29, 0.717) is 12.2 Å². The van der Waals surface area contributed by atoms with Crippen LogP contribution >= 0.6 is 32.9 Å². The number of anilines is 1. The average molecular weight is 535 g/mol. The third-order valence-electron chi connectivity index (χ3n) is 5.52. The van der Waals surface area contributed by atoms with Crippen LogP contribution in [0.5, 0.6) is 0 Å². The highest BCUT2D eigenvalue weighted by molar-refractivity contribution is 9.10. The molecule has 0 aromatic heterocycles. The third-order valence-corrected chi connectivity index (χ3v) is 6.05. The third kappa shape index (κ3) is 4.25. The first-order chi connectivity index (χ1) is 13.3. The van der Waals surface area contributed by atoms with Crippen LogP contribution in [0.3, 0.4) is 0 Å². The molecule has 0 saturated heterocycles. The fraction of sp³-hybridized carbons (Fsp3) is 0.381. The van der Waals surface area contributed by atoms with Crippen LogP contribution in [0.1, 0.15) is 36.8 Å². The van der Waals surface area contributed by atoms with E-state index < -0.39 is 17.5 Å². The maximum Gasteiger partial charge on any atom is 0.416 e. The Morgan fingerprint density at radius 2 is 1.76 bits per heavy atom. The van der Waals surface area contributed by atoms with Gasteiger partial charge >= 0.3 is 6.18 Å². The minimum Gasteiger partial charge on any atom is -0.346 e. The van der Waals surface area contributed by atoms with Crippen molar-refractivity contribution in [3.05, 3.63) is 64.1 Å². The van der Waals surface area contributed by atoms with Gasteiger partial charge in [-0.15, -0.1) is 17.0 Å². The maximum absolute atomic E-state index is 13.2. The van der Waals surface area contributed by atoms with Crippen molar-refractivity contribution >= 4 is 44.4 Å². The monoisotopic (exact) mass is 533 g/mol. The molecule has 2 aliphatic heterocycles. The Hall–Kier alpha value is -1.38. The number of hydrogen-bond donors (Lipinski definition) is 1. The maximum atomic E-state index is 13.2. The normalized spacial score (nSPS) is 22.2. The Labute approximate surface area is 186 Å². The van der Waals surface area contributed by atoms with Crippen molar-refractivity contribution in [2.75, 3.05) is 18.0 Å². The van der Waals surface area contributed by atoms with Crippen molar-refractivity contribution in [3.63, 3.8) is 0 Å². The van der Waals surface area contributed by atoms with E-state index in [-0.39, 0.29) is 23.5 Å². The molecule has 0 bridgehead atoms. The number of aliphatic hydroxyl groups is 1. The van der Waals surface area contributed by atoms with E-state index in [1.54, 1.807) is 6.07 Å². The number of amidine groups is 1. The van der Waals surface area contributed by atoms with Crippen molar-refractivity contribution in [2.45, 2.75) is 37.6 Å². The number of rotatable bonds is 2. The van der Waals surface area contributed by atoms with Crippen LogP contribution in [0.4, 0.5) is 18.9 Å². The van der Waals surface area contributed by atoms with Gasteiger partial charge < -0.3 is 5.11 Å². The van der Waals surface area contributed by atoms with Gasteiger partial charge in [0.15, 0.2) is 6.54 Å². The molecular weight excluding hydrogens is 513 g/mol. The number of alkyl halides is 3. The summed E-state index contributed by atoms with van der Waals surface area (Å²) in [5.41, 5.74) is -0.742. The SMILES string of the molecule is Br.OC1(c2ccc(Br)cc2)CN(c2cccc(C(F)(F)F)c2)C2=[N+]1CCCCC2. The van der Waals surface area contributed by atoms with E-state index in [2.05, 4.69) is 15.9 Å². The zero-order valence-electron chi connectivity index (χ0n) is 15.6. The lowest BCUT2D eigenvalue weighted by atomic mass is 10.0. The van der Waals surface area contributed by atoms with Gasteiger partial charge in [0.05, 0.1) is 12.1 Å². The lowest BCUT2D eigenvalue weighted by molar-refractivity contribution is -0.658. The molecule has 1 unspecified atom stereocenters. The Morgan fingerprint density at radius 1 is 1.03 bits per heavy atom. The fourth-order valence-electron chi connectivity index (χ4n) is 4.12. The lowest BCUT2D eigenvalue weighted by Gasteiger charge is -2.23. The molecular formula is C21H22Br2F3N2O+. The largest absolute Gasteiger partial charge is 0.416 e. The summed E-state index contributed by atoms with van der Waals surface area (Å²) in [4.78, 5) is 1.85. The fourth-order valence-corrected chi connectivity index (χ4v) is 4.39. The number of nitrogens with zero attached hydrogens (tertiary/aromatic N) is 2. The molecule has 2 aromatic carbocycles. The van der Waals surface area contributed by atoms with Crippen LogP contribution in [-0.4, -0.2) is 28.6 Å². The molecule has 0 radical (unpaired) electrons. The number of hydrogen-bond acceptors (Lipinski definition) is 2. The summed E-state index contributed by atoms with van der Waals surface area (Å²) in [6.07, 6.45) is -0.732. The van der Waals surface area contributed by atoms with Gasteiger partial charge in [-0.05, 0) is 49.6 Å². The van der Waals surface area contributed by atoms with Crippen molar-refractivity contribution in [2.24, 2.45) is 0 Å². The first-order valence-electron chi connectivity index (χ1n) is 9.36. The molecule has 0 spiro atoms. The molecule has 2 aromatic rings. The Balaban J connectivity index is 0.00000240. The number of β-amino-alcohol motifs (C(OH)–C–C–N with tert-alkyl or cyclic N) is 1. The minimum absolute atomic E-state index is 0. The van der Waals surface area contributed by atoms with Gasteiger partial charge in [-0.2, -0.15) is 13.2 Å². The summed E-state index contributed by atoms with van der Waals surface area (Å²) >= 11 is 3.41. The molecule has 1 N–H and O–H groups in total. The van der Waals surface area contributed by atoms with E-state index in [1.807, 2.05) is 33.7 Å². The zero-order chi connectivity index (χ0) is 19.9. The molecule has 156 valence electrons. The van der Waals surface area contributed by atoms with Crippen LogP contribution in [-0.2, 0) is 11.9 Å². The number of halogens is 5. The van der Waals surface area contributed by atoms with Crippen LogP contribution < -0.4 is 4.90 Å². The van der Waals surface area contributed by atoms with Crippen LogP contribution in [0, 0.1) is 0 Å². The second kappa shape index (κ2) is 8.40. The molecule has 1 atom stereocenters. The van der Waals surface area contributed by atoms with Crippen molar-refractivity contribution in [1.29, 1.82) is 0 Å². The first kappa shape index (κ1) is 22.3. The summed E-state index contributed by atoms with van der Waals surface area (Å²) in [6.45, 7) is 0.878. The predicted molar refractivity (Wildman–Crippen MR) is 116 cm³/mol. The molecule has 0 aliphatic carbocycles. The second-order valence-electron chi connectivity index (χ2n) is 7.34. The highest BCUT2D eigenvalue weighted by atomic mass is 79.9. The molecule has 0 fully saturated rings. The van der Waals surface area contributed by atoms with E-state index in [0.717, 1.165) is 47.6 Å². The molecule has 2 aliphatic rings. The van der Waals surface area contributed by atoms with Crippen LogP contribution in [0.25, 0.3) is 0 Å². The standard InChI is InChI=1S/C21H21BrF3N2O.BrH/c22-17-10-8-15(9-11-17)20(28)14-26(19-7-2-1-3-12-27(19)20)18-6-4-5-16(13-18)21(23,24)25;/h4-6,8-11,13,28H,1-3,7,12,14H2;1H/q+1;. The van der Waals surface area contributed by atoms with Gasteiger partial charge in [0.1, 0.15) is 5.69 Å². The minimum atomic E-state index is -4.40. The highest BCUT2D eigenvalue weighted by Crippen LogP contribution is 2.38. The Bertz CT molecular complexity index is 915. The second-order valence-corrected chi connectivity index (χ2v) is 8.25. The molecule has 0 saturated carbocycles. The van der Waals surface area contributed by atoms with Crippen molar-refractivity contribution < 1.29 is 22.9 Å². The summed E-state index contributed by atoms with van der Waals surface area (Å²) < 4.78 is 42.5. The van der Waals surface area contributed by atoms with Crippen LogP contribution in [0.2, 0.25) is 0 Å². The highest BCUT2D eigenvalue weighted by Gasteiger charge is 2.52. The average Bonchev–Trinajstić information content (AvgIpc) is 2.82. The molecule has 4 rings (SSSR count). The summed E-state index contributed by atoms with van der Waals surface area (Å²) in [5.74, 6) is 0.891.